The summed E-state index contributed by atoms with van der Waals surface area (Å²) in [5.41, 5.74) is 1.43. The average Bonchev–Trinajstić information content (AvgIpc) is 2.89. The molecule has 1 fully saturated rings. The highest BCUT2D eigenvalue weighted by Crippen LogP contribution is 2.29. The van der Waals surface area contributed by atoms with E-state index in [9.17, 15) is 4.79 Å². The minimum absolute atomic E-state index is 0.379. The quantitative estimate of drug-likeness (QED) is 0.876. The van der Waals surface area contributed by atoms with Crippen LogP contribution in [0.15, 0.2) is 24.3 Å². The van der Waals surface area contributed by atoms with Crippen LogP contribution in [0, 0.1) is 5.92 Å². The van der Waals surface area contributed by atoms with Gasteiger partial charge in [-0.15, -0.1) is 0 Å². The summed E-state index contributed by atoms with van der Waals surface area (Å²) in [6.07, 6.45) is 5.03. The van der Waals surface area contributed by atoms with Crippen LogP contribution < -0.4 is 4.90 Å². The Hall–Kier alpha value is -1.51. The van der Waals surface area contributed by atoms with Crippen LogP contribution >= 0.6 is 0 Å². The molecular formula is C16H23NO2. The lowest BCUT2D eigenvalue weighted by atomic mass is 10.1. The van der Waals surface area contributed by atoms with E-state index in [1.54, 1.807) is 6.07 Å². The Balaban J connectivity index is 2.25. The van der Waals surface area contributed by atoms with Crippen LogP contribution in [0.5, 0.6) is 0 Å². The lowest BCUT2D eigenvalue weighted by molar-refractivity contribution is 0.0697. The van der Waals surface area contributed by atoms with Crippen LogP contribution in [0.25, 0.3) is 0 Å². The second kappa shape index (κ2) is 6.09. The van der Waals surface area contributed by atoms with Gasteiger partial charge in [0.15, 0.2) is 0 Å². The first-order valence-corrected chi connectivity index (χ1v) is 7.18. The first kappa shape index (κ1) is 13.9. The van der Waals surface area contributed by atoms with E-state index in [0.29, 0.717) is 17.5 Å². The lowest BCUT2D eigenvalue weighted by Crippen LogP contribution is -2.36. The molecule has 1 aromatic carbocycles. The fourth-order valence-corrected chi connectivity index (χ4v) is 2.89. The third-order valence-electron chi connectivity index (χ3n) is 3.75. The van der Waals surface area contributed by atoms with Crippen molar-refractivity contribution in [2.45, 2.75) is 45.6 Å². The zero-order valence-electron chi connectivity index (χ0n) is 11.8. The summed E-state index contributed by atoms with van der Waals surface area (Å²) in [6, 6.07) is 7.93. The predicted octanol–water partition coefficient (Wildman–Crippen LogP) is 3.79. The molecule has 0 amide bonds. The Morgan fingerprint density at radius 1 is 1.37 bits per heavy atom. The molecule has 1 aliphatic rings. The second-order valence-electron chi connectivity index (χ2n) is 5.84. The van der Waals surface area contributed by atoms with Gasteiger partial charge in [-0.2, -0.15) is 0 Å². The number of rotatable bonds is 5. The summed E-state index contributed by atoms with van der Waals surface area (Å²) >= 11 is 0. The van der Waals surface area contributed by atoms with Gasteiger partial charge in [-0.25, -0.2) is 4.79 Å². The van der Waals surface area contributed by atoms with Crippen molar-refractivity contribution < 1.29 is 9.90 Å². The van der Waals surface area contributed by atoms with Gasteiger partial charge in [0.05, 0.1) is 5.56 Å². The smallest absolute Gasteiger partial charge is 0.335 e. The van der Waals surface area contributed by atoms with Crippen LogP contribution in [0.2, 0.25) is 0 Å². The van der Waals surface area contributed by atoms with Gasteiger partial charge < -0.3 is 10.0 Å². The molecular weight excluding hydrogens is 238 g/mol. The van der Waals surface area contributed by atoms with E-state index in [0.717, 1.165) is 12.2 Å². The standard InChI is InChI=1S/C16H23NO2/c1-12(2)11-17(14-7-3-4-8-14)15-9-5-6-13(10-15)16(18)19/h5-6,9-10,12,14H,3-4,7-8,11H2,1-2H3,(H,18,19). The number of aromatic carboxylic acids is 1. The maximum atomic E-state index is 11.1. The van der Waals surface area contributed by atoms with Crippen molar-refractivity contribution in [2.75, 3.05) is 11.4 Å². The molecule has 19 heavy (non-hydrogen) atoms. The SMILES string of the molecule is CC(C)CN(c1cccc(C(=O)O)c1)C1CCCC1. The molecule has 1 N–H and O–H groups in total. The number of hydrogen-bond acceptors (Lipinski definition) is 2. The third-order valence-corrected chi connectivity index (χ3v) is 3.75. The lowest BCUT2D eigenvalue weighted by Gasteiger charge is -2.33. The topological polar surface area (TPSA) is 40.5 Å². The van der Waals surface area contributed by atoms with Gasteiger partial charge in [-0.1, -0.05) is 32.8 Å². The molecule has 0 saturated heterocycles. The number of carboxylic acids is 1. The van der Waals surface area contributed by atoms with Crippen molar-refractivity contribution >= 4 is 11.7 Å². The van der Waals surface area contributed by atoms with Gasteiger partial charge in [-0.05, 0) is 37.0 Å². The van der Waals surface area contributed by atoms with E-state index in [4.69, 9.17) is 5.11 Å². The van der Waals surface area contributed by atoms with Gasteiger partial charge in [0, 0.05) is 18.3 Å². The van der Waals surface area contributed by atoms with E-state index in [-0.39, 0.29) is 0 Å². The molecule has 0 unspecified atom stereocenters. The number of carboxylic acid groups (broad SMARTS) is 1. The Morgan fingerprint density at radius 3 is 2.63 bits per heavy atom. The van der Waals surface area contributed by atoms with Crippen molar-refractivity contribution in [1.82, 2.24) is 0 Å². The molecule has 1 aliphatic carbocycles. The highest BCUT2D eigenvalue weighted by atomic mass is 16.4. The first-order valence-electron chi connectivity index (χ1n) is 7.18. The predicted molar refractivity (Wildman–Crippen MR) is 77.8 cm³/mol. The normalized spacial score (nSPS) is 15.9. The Labute approximate surface area is 115 Å². The molecule has 0 atom stereocenters. The van der Waals surface area contributed by atoms with Crippen LogP contribution in [0.3, 0.4) is 0 Å². The molecule has 0 heterocycles. The molecule has 2 rings (SSSR count). The second-order valence-corrected chi connectivity index (χ2v) is 5.84. The van der Waals surface area contributed by atoms with Crippen molar-refractivity contribution in [1.29, 1.82) is 0 Å². The Kier molecular flexibility index (Phi) is 4.46. The minimum Gasteiger partial charge on any atom is -0.478 e. The number of benzene rings is 1. The maximum absolute atomic E-state index is 11.1. The molecule has 0 radical (unpaired) electrons. The summed E-state index contributed by atoms with van der Waals surface area (Å²) in [5.74, 6) is -0.271. The van der Waals surface area contributed by atoms with E-state index in [1.165, 1.54) is 25.7 Å². The minimum atomic E-state index is -0.849. The number of anilines is 1. The summed E-state index contributed by atoms with van der Waals surface area (Å²) in [6.45, 7) is 5.42. The molecule has 104 valence electrons. The molecule has 3 heteroatoms. The van der Waals surface area contributed by atoms with Gasteiger partial charge in [0.1, 0.15) is 0 Å². The maximum Gasteiger partial charge on any atom is 0.335 e. The van der Waals surface area contributed by atoms with Gasteiger partial charge in [0.2, 0.25) is 0 Å². The summed E-state index contributed by atoms with van der Waals surface area (Å²) in [4.78, 5) is 13.5. The number of nitrogens with zero attached hydrogens (tertiary/aromatic N) is 1. The Morgan fingerprint density at radius 2 is 2.05 bits per heavy atom. The molecule has 0 bridgehead atoms. The van der Waals surface area contributed by atoms with Crippen molar-refractivity contribution in [3.05, 3.63) is 29.8 Å². The summed E-state index contributed by atoms with van der Waals surface area (Å²) < 4.78 is 0. The largest absolute Gasteiger partial charge is 0.478 e. The van der Waals surface area contributed by atoms with E-state index in [1.807, 2.05) is 18.2 Å². The fraction of sp³-hybridized carbons (Fsp3) is 0.562. The fourth-order valence-electron chi connectivity index (χ4n) is 2.89. The van der Waals surface area contributed by atoms with E-state index < -0.39 is 5.97 Å². The highest BCUT2D eigenvalue weighted by Gasteiger charge is 2.23. The zero-order valence-corrected chi connectivity index (χ0v) is 11.8. The molecule has 0 aromatic heterocycles. The summed E-state index contributed by atoms with van der Waals surface area (Å²) in [5, 5.41) is 9.12. The monoisotopic (exact) mass is 261 g/mol. The Bertz CT molecular complexity index is 436. The molecule has 0 spiro atoms. The van der Waals surface area contributed by atoms with Crippen LogP contribution in [0.1, 0.15) is 49.9 Å². The zero-order chi connectivity index (χ0) is 13.8. The molecule has 0 aliphatic heterocycles. The van der Waals surface area contributed by atoms with Gasteiger partial charge in [-0.3, -0.25) is 0 Å². The average molecular weight is 261 g/mol. The van der Waals surface area contributed by atoms with E-state index in [2.05, 4.69) is 18.7 Å². The summed E-state index contributed by atoms with van der Waals surface area (Å²) in [7, 11) is 0. The van der Waals surface area contributed by atoms with Crippen LogP contribution in [-0.4, -0.2) is 23.7 Å². The van der Waals surface area contributed by atoms with Crippen molar-refractivity contribution in [2.24, 2.45) is 5.92 Å². The van der Waals surface area contributed by atoms with Crippen LogP contribution in [-0.2, 0) is 0 Å². The third kappa shape index (κ3) is 3.49. The van der Waals surface area contributed by atoms with Gasteiger partial charge in [0.25, 0.3) is 0 Å². The number of hydrogen-bond donors (Lipinski definition) is 1. The highest BCUT2D eigenvalue weighted by molar-refractivity contribution is 5.88. The molecule has 1 aromatic rings. The first-order chi connectivity index (χ1) is 9.08. The molecule has 3 nitrogen and oxygen atoms in total. The van der Waals surface area contributed by atoms with E-state index >= 15 is 0 Å². The van der Waals surface area contributed by atoms with Crippen molar-refractivity contribution in [3.8, 4) is 0 Å². The van der Waals surface area contributed by atoms with Crippen LogP contribution in [0.4, 0.5) is 5.69 Å². The molecule has 1 saturated carbocycles. The van der Waals surface area contributed by atoms with Crippen molar-refractivity contribution in [3.63, 3.8) is 0 Å². The number of carbonyl (C=O) groups is 1. The van der Waals surface area contributed by atoms with Gasteiger partial charge >= 0.3 is 5.97 Å².